The minimum absolute atomic E-state index is 0.113. The molecule has 0 spiro atoms. The molecule has 1 aliphatic carbocycles. The van der Waals surface area contributed by atoms with Crippen molar-refractivity contribution in [2.24, 2.45) is 10.9 Å². The fourth-order valence-electron chi connectivity index (χ4n) is 5.12. The van der Waals surface area contributed by atoms with Gasteiger partial charge >= 0.3 is 0 Å². The number of nitrogens with one attached hydrogen (secondary N) is 1. The summed E-state index contributed by atoms with van der Waals surface area (Å²) in [7, 11) is 0. The van der Waals surface area contributed by atoms with Crippen LogP contribution in [0.3, 0.4) is 0 Å². The molecule has 1 saturated carbocycles. The number of morpholine rings is 1. The van der Waals surface area contributed by atoms with Gasteiger partial charge in [-0.3, -0.25) is 24.0 Å². The quantitative estimate of drug-likeness (QED) is 0.372. The van der Waals surface area contributed by atoms with E-state index in [1.54, 1.807) is 23.0 Å². The van der Waals surface area contributed by atoms with Crippen molar-refractivity contribution in [3.8, 4) is 0 Å². The monoisotopic (exact) mass is 533 g/mol. The van der Waals surface area contributed by atoms with Crippen molar-refractivity contribution in [1.29, 1.82) is 0 Å². The summed E-state index contributed by atoms with van der Waals surface area (Å²) < 4.78 is 7.13. The van der Waals surface area contributed by atoms with Crippen LogP contribution < -0.4 is 10.9 Å². The number of nitrogens with zero attached hydrogens (tertiary/aromatic N) is 4. The summed E-state index contributed by atoms with van der Waals surface area (Å²) in [6.45, 7) is 12.6. The van der Waals surface area contributed by atoms with Crippen LogP contribution >= 0.6 is 0 Å². The van der Waals surface area contributed by atoms with E-state index in [1.165, 1.54) is 5.57 Å². The summed E-state index contributed by atoms with van der Waals surface area (Å²) in [4.78, 5) is 38.6. The second-order valence-corrected chi connectivity index (χ2v) is 11.0. The average molecular weight is 534 g/mol. The lowest BCUT2D eigenvalue weighted by atomic mass is 9.87. The molecule has 2 aliphatic rings. The number of carbonyl (C=O) groups excluding carboxylic acids is 1. The molecule has 0 atom stereocenters. The number of amides is 1. The van der Waals surface area contributed by atoms with E-state index in [-0.39, 0.29) is 23.1 Å². The number of rotatable bonds is 9. The zero-order chi connectivity index (χ0) is 27.8. The molecule has 0 bridgehead atoms. The molecule has 8 heteroatoms. The Hall–Kier alpha value is -3.10. The number of aliphatic imine (C=N–C) groups is 1. The van der Waals surface area contributed by atoms with Crippen LogP contribution in [0.4, 0.5) is 0 Å². The minimum atomic E-state index is -0.293. The van der Waals surface area contributed by atoms with Gasteiger partial charge in [0, 0.05) is 61.3 Å². The number of hydrogen-bond donors (Lipinski definition) is 1. The zero-order valence-corrected chi connectivity index (χ0v) is 23.9. The predicted octanol–water partition coefficient (Wildman–Crippen LogP) is 4.72. The van der Waals surface area contributed by atoms with Gasteiger partial charge < -0.3 is 10.1 Å². The Kier molecular flexibility index (Phi) is 10.2. The van der Waals surface area contributed by atoms with Crippen molar-refractivity contribution < 1.29 is 9.53 Å². The van der Waals surface area contributed by atoms with Crippen molar-refractivity contribution in [2.45, 2.75) is 72.4 Å². The topological polar surface area (TPSA) is 88.8 Å². The van der Waals surface area contributed by atoms with Crippen LogP contribution in [0.1, 0.15) is 75.7 Å². The van der Waals surface area contributed by atoms with Crippen LogP contribution in [-0.2, 0) is 11.3 Å². The Bertz CT molecular complexity index is 1300. The average Bonchev–Trinajstić information content (AvgIpc) is 2.95. The van der Waals surface area contributed by atoms with E-state index in [1.807, 2.05) is 19.1 Å². The summed E-state index contributed by atoms with van der Waals surface area (Å²) in [6.07, 6.45) is 12.6. The van der Waals surface area contributed by atoms with Gasteiger partial charge in [-0.25, -0.2) is 4.98 Å². The summed E-state index contributed by atoms with van der Waals surface area (Å²) in [6, 6.07) is 3.80. The molecular formula is C31H43N5O3. The molecule has 8 nitrogen and oxygen atoms in total. The van der Waals surface area contributed by atoms with Crippen LogP contribution in [0.25, 0.3) is 11.0 Å². The maximum Gasteiger partial charge on any atom is 0.265 e. The van der Waals surface area contributed by atoms with E-state index < -0.39 is 0 Å². The van der Waals surface area contributed by atoms with Crippen molar-refractivity contribution in [2.75, 3.05) is 32.8 Å². The van der Waals surface area contributed by atoms with Gasteiger partial charge in [-0.05, 0) is 70.1 Å². The predicted molar refractivity (Wildman–Crippen MR) is 158 cm³/mol. The van der Waals surface area contributed by atoms with Gasteiger partial charge in [0.1, 0.15) is 11.2 Å². The minimum Gasteiger partial charge on any atom is -0.379 e. The molecule has 0 radical (unpaired) electrons. The number of fused-ring (bicyclic) bond motifs is 1. The highest BCUT2D eigenvalue weighted by molar-refractivity contribution is 6.02. The molecule has 1 amide bonds. The number of pyridine rings is 2. The number of hydrogen-bond acceptors (Lipinski definition) is 6. The van der Waals surface area contributed by atoms with Crippen LogP contribution in [0.2, 0.25) is 0 Å². The molecule has 210 valence electrons. The van der Waals surface area contributed by atoms with Crippen molar-refractivity contribution in [3.63, 3.8) is 0 Å². The molecule has 3 heterocycles. The number of allylic oxidation sites excluding steroid dienone is 3. The standard InChI is InChI=1S/C31H43N5O3/c1-5-22(2)7-6-12-32-24(4)26-19-25-20-28(30(37)34-27-10-8-23(3)9-11-27)31(38)36(29(25)33-21-26)14-13-35-15-17-39-18-16-35/h6-7,12,19-21,23,27H,5,8-11,13-18H2,1-4H3,(H,34,37)/b12-6-,22-7-,32-24+. The molecule has 1 saturated heterocycles. The van der Waals surface area contributed by atoms with E-state index in [2.05, 4.69) is 42.1 Å². The van der Waals surface area contributed by atoms with E-state index in [9.17, 15) is 9.59 Å². The Morgan fingerprint density at radius 1 is 1.15 bits per heavy atom. The smallest absolute Gasteiger partial charge is 0.265 e. The lowest BCUT2D eigenvalue weighted by molar-refractivity contribution is 0.0364. The third kappa shape index (κ3) is 7.73. The van der Waals surface area contributed by atoms with E-state index in [0.717, 1.165) is 61.9 Å². The maximum atomic E-state index is 13.6. The molecule has 2 aromatic rings. The summed E-state index contributed by atoms with van der Waals surface area (Å²) >= 11 is 0. The Morgan fingerprint density at radius 3 is 2.62 bits per heavy atom. The summed E-state index contributed by atoms with van der Waals surface area (Å²) in [5.41, 5.74) is 3.44. The molecule has 4 rings (SSSR count). The molecule has 2 aromatic heterocycles. The van der Waals surface area contributed by atoms with E-state index >= 15 is 0 Å². The first-order chi connectivity index (χ1) is 18.9. The molecule has 2 fully saturated rings. The fraction of sp³-hybridized carbons (Fsp3) is 0.548. The van der Waals surface area contributed by atoms with Gasteiger partial charge in [-0.15, -0.1) is 0 Å². The second-order valence-electron chi connectivity index (χ2n) is 11.0. The Morgan fingerprint density at radius 2 is 1.90 bits per heavy atom. The number of aromatic nitrogens is 2. The molecular weight excluding hydrogens is 490 g/mol. The maximum absolute atomic E-state index is 13.6. The van der Waals surface area contributed by atoms with Crippen LogP contribution in [0.15, 0.2) is 52.0 Å². The normalized spacial score (nSPS) is 21.5. The highest BCUT2D eigenvalue weighted by Crippen LogP contribution is 2.24. The molecule has 0 unspecified atom stereocenters. The van der Waals surface area contributed by atoms with Crippen molar-refractivity contribution >= 4 is 22.7 Å². The van der Waals surface area contributed by atoms with Gasteiger partial charge in [0.05, 0.1) is 13.2 Å². The van der Waals surface area contributed by atoms with Gasteiger partial charge in [-0.2, -0.15) is 0 Å². The van der Waals surface area contributed by atoms with Crippen molar-refractivity contribution in [3.05, 3.63) is 63.7 Å². The first kappa shape index (κ1) is 28.9. The third-order valence-electron chi connectivity index (χ3n) is 7.98. The Labute approximate surface area is 231 Å². The molecule has 1 aliphatic heterocycles. The molecule has 39 heavy (non-hydrogen) atoms. The first-order valence-corrected chi connectivity index (χ1v) is 14.4. The zero-order valence-electron chi connectivity index (χ0n) is 23.9. The van der Waals surface area contributed by atoms with Gasteiger partial charge in [-0.1, -0.05) is 25.5 Å². The second kappa shape index (κ2) is 13.8. The first-order valence-electron chi connectivity index (χ1n) is 14.4. The lowest BCUT2D eigenvalue weighted by Crippen LogP contribution is -2.42. The highest BCUT2D eigenvalue weighted by Gasteiger charge is 2.23. The molecule has 1 N–H and O–H groups in total. The third-order valence-corrected chi connectivity index (χ3v) is 7.98. The van der Waals surface area contributed by atoms with Gasteiger partial charge in [0.15, 0.2) is 0 Å². The summed E-state index contributed by atoms with van der Waals surface area (Å²) in [5, 5.41) is 3.90. The highest BCUT2D eigenvalue weighted by atomic mass is 16.5. The van der Waals surface area contributed by atoms with Crippen LogP contribution in [0, 0.1) is 5.92 Å². The Balaban J connectivity index is 1.65. The lowest BCUT2D eigenvalue weighted by Gasteiger charge is -2.27. The van der Waals surface area contributed by atoms with E-state index in [0.29, 0.717) is 37.9 Å². The largest absolute Gasteiger partial charge is 0.379 e. The SMILES string of the molecule is CC\C(C)=C/C=C\N=C(/C)c1cnc2c(c1)cc(C(=O)NC1CCC(C)CC1)c(=O)n2CCN1CCOCC1. The van der Waals surface area contributed by atoms with Gasteiger partial charge in [0.2, 0.25) is 0 Å². The van der Waals surface area contributed by atoms with Gasteiger partial charge in [0.25, 0.3) is 11.5 Å². The fourth-order valence-corrected chi connectivity index (χ4v) is 5.12. The van der Waals surface area contributed by atoms with Crippen LogP contribution in [0.5, 0.6) is 0 Å². The summed E-state index contributed by atoms with van der Waals surface area (Å²) in [5.74, 6) is 0.394. The van der Waals surface area contributed by atoms with Crippen LogP contribution in [-0.4, -0.2) is 65.0 Å². The number of ether oxygens (including phenoxy) is 1. The van der Waals surface area contributed by atoms with E-state index in [4.69, 9.17) is 9.72 Å². The van der Waals surface area contributed by atoms with Crippen molar-refractivity contribution in [1.82, 2.24) is 19.8 Å². The number of carbonyl (C=O) groups is 1. The molecule has 0 aromatic carbocycles.